The highest BCUT2D eigenvalue weighted by molar-refractivity contribution is 5.85. The van der Waals surface area contributed by atoms with Crippen molar-refractivity contribution in [2.45, 2.75) is 13.5 Å². The minimum atomic E-state index is -0.165. The Bertz CT molecular complexity index is 488. The summed E-state index contributed by atoms with van der Waals surface area (Å²) in [6, 6.07) is 14.9. The van der Waals surface area contributed by atoms with E-state index in [9.17, 15) is 4.39 Å². The molecule has 1 N–H and O–H groups in total. The lowest BCUT2D eigenvalue weighted by Gasteiger charge is -2.07. The Morgan fingerprint density at radius 3 is 2.21 bits per heavy atom. The molecule has 2 rings (SSSR count). The van der Waals surface area contributed by atoms with E-state index in [1.165, 1.54) is 11.6 Å². The molecule has 4 heteroatoms. The van der Waals surface area contributed by atoms with Gasteiger partial charge in [-0.25, -0.2) is 4.39 Å². The average molecular weight is 282 g/mol. The average Bonchev–Trinajstić information content (AvgIpc) is 2.42. The largest absolute Gasteiger partial charge is 0.381 e. The van der Waals surface area contributed by atoms with Crippen LogP contribution in [0, 0.1) is 12.7 Å². The topological polar surface area (TPSA) is 29.1 Å². The minimum Gasteiger partial charge on any atom is -0.381 e. The molecular weight excluding hydrogens is 265 g/mol. The van der Waals surface area contributed by atoms with Gasteiger partial charge in [0.25, 0.3) is 0 Å². The zero-order chi connectivity index (χ0) is 13.4. The van der Waals surface area contributed by atoms with Crippen molar-refractivity contribution in [3.05, 3.63) is 65.5 Å². The van der Waals surface area contributed by atoms with E-state index >= 15 is 0 Å². The van der Waals surface area contributed by atoms with Crippen LogP contribution >= 0.6 is 12.4 Å². The predicted molar refractivity (Wildman–Crippen MR) is 79.3 cm³/mol. The van der Waals surface area contributed by atoms with Crippen LogP contribution in [-0.4, -0.2) is 6.79 Å². The number of halogens is 2. The maximum absolute atomic E-state index is 13.3. The van der Waals surface area contributed by atoms with Crippen molar-refractivity contribution in [3.63, 3.8) is 0 Å². The highest BCUT2D eigenvalue weighted by Gasteiger charge is 1.99. The van der Waals surface area contributed by atoms with Crippen molar-refractivity contribution < 1.29 is 9.18 Å². The summed E-state index contributed by atoms with van der Waals surface area (Å²) in [5.74, 6) is -0.165. The fourth-order valence-electron chi connectivity index (χ4n) is 1.51. The van der Waals surface area contributed by atoms with E-state index in [-0.39, 0.29) is 18.2 Å². The SMILES string of the molecule is C=O.Cc1ccc(NCc2ccccc2F)cc1.Cl. The van der Waals surface area contributed by atoms with E-state index in [0.717, 1.165) is 5.69 Å². The molecular formula is C15H17ClFNO. The molecule has 0 spiro atoms. The van der Waals surface area contributed by atoms with Gasteiger partial charge < -0.3 is 10.1 Å². The summed E-state index contributed by atoms with van der Waals surface area (Å²) in [5, 5.41) is 3.19. The zero-order valence-corrected chi connectivity index (χ0v) is 11.5. The molecule has 0 saturated heterocycles. The summed E-state index contributed by atoms with van der Waals surface area (Å²) in [4.78, 5) is 8.00. The third kappa shape index (κ3) is 5.53. The van der Waals surface area contributed by atoms with Crippen LogP contribution in [0.4, 0.5) is 10.1 Å². The number of hydrogen-bond acceptors (Lipinski definition) is 2. The Morgan fingerprint density at radius 1 is 1.05 bits per heavy atom. The van der Waals surface area contributed by atoms with E-state index in [1.54, 1.807) is 12.1 Å². The molecule has 0 saturated carbocycles. The summed E-state index contributed by atoms with van der Waals surface area (Å²) >= 11 is 0. The number of nitrogens with one attached hydrogen (secondary N) is 1. The van der Waals surface area contributed by atoms with E-state index in [0.29, 0.717) is 12.1 Å². The summed E-state index contributed by atoms with van der Waals surface area (Å²) in [6.45, 7) is 4.55. The Balaban J connectivity index is 0.00000103. The van der Waals surface area contributed by atoms with Crippen LogP contribution in [0.5, 0.6) is 0 Å². The lowest BCUT2D eigenvalue weighted by atomic mass is 10.2. The first-order valence-corrected chi connectivity index (χ1v) is 5.58. The smallest absolute Gasteiger partial charge is 0.128 e. The molecule has 0 heterocycles. The maximum Gasteiger partial charge on any atom is 0.128 e. The second kappa shape index (κ2) is 9.11. The molecule has 19 heavy (non-hydrogen) atoms. The Hall–Kier alpha value is -1.87. The van der Waals surface area contributed by atoms with Crippen molar-refractivity contribution in [1.29, 1.82) is 0 Å². The molecule has 0 atom stereocenters. The van der Waals surface area contributed by atoms with Crippen molar-refractivity contribution in [2.75, 3.05) is 5.32 Å². The molecule has 0 amide bonds. The summed E-state index contributed by atoms with van der Waals surface area (Å²) < 4.78 is 13.3. The molecule has 2 aromatic rings. The molecule has 0 aliphatic carbocycles. The van der Waals surface area contributed by atoms with Crippen LogP contribution in [0.25, 0.3) is 0 Å². The Kier molecular flexibility index (Phi) is 8.22. The van der Waals surface area contributed by atoms with E-state index in [4.69, 9.17) is 4.79 Å². The molecule has 0 fully saturated rings. The first-order chi connectivity index (χ1) is 8.75. The van der Waals surface area contributed by atoms with Crippen molar-refractivity contribution in [2.24, 2.45) is 0 Å². The molecule has 0 aromatic heterocycles. The van der Waals surface area contributed by atoms with E-state index in [1.807, 2.05) is 44.0 Å². The molecule has 0 bridgehead atoms. The number of hydrogen-bond donors (Lipinski definition) is 1. The van der Waals surface area contributed by atoms with Crippen molar-refractivity contribution in [1.82, 2.24) is 0 Å². The number of anilines is 1. The molecule has 0 radical (unpaired) electrons. The van der Waals surface area contributed by atoms with Gasteiger partial charge in [0.1, 0.15) is 12.6 Å². The number of carbonyl (C=O) groups excluding carboxylic acids is 1. The van der Waals surface area contributed by atoms with Gasteiger partial charge in [-0.2, -0.15) is 0 Å². The molecule has 0 aliphatic rings. The molecule has 0 unspecified atom stereocenters. The van der Waals surface area contributed by atoms with E-state index in [2.05, 4.69) is 5.32 Å². The van der Waals surface area contributed by atoms with Gasteiger partial charge in [-0.3, -0.25) is 0 Å². The number of aryl methyl sites for hydroxylation is 1. The lowest BCUT2D eigenvalue weighted by molar-refractivity contribution is -0.0979. The second-order valence-electron chi connectivity index (χ2n) is 3.81. The molecule has 2 nitrogen and oxygen atoms in total. The quantitative estimate of drug-likeness (QED) is 0.922. The number of rotatable bonds is 3. The standard InChI is InChI=1S/C14H14FN.CH2O.ClH/c1-11-6-8-13(9-7-11)16-10-12-4-2-3-5-14(12)15;1-2;/h2-9,16H,10H2,1H3;1H2;1H. The van der Waals surface area contributed by atoms with Gasteiger partial charge in [-0.1, -0.05) is 35.9 Å². The maximum atomic E-state index is 13.3. The monoisotopic (exact) mass is 281 g/mol. The summed E-state index contributed by atoms with van der Waals surface area (Å²) in [7, 11) is 0. The Labute approximate surface area is 119 Å². The molecule has 2 aromatic carbocycles. The Morgan fingerprint density at radius 2 is 1.63 bits per heavy atom. The number of carbonyl (C=O) groups is 1. The van der Waals surface area contributed by atoms with Crippen LogP contribution in [-0.2, 0) is 11.3 Å². The third-order valence-electron chi connectivity index (χ3n) is 2.49. The van der Waals surface area contributed by atoms with Crippen LogP contribution in [0.3, 0.4) is 0 Å². The minimum absolute atomic E-state index is 0. The van der Waals surface area contributed by atoms with Crippen LogP contribution in [0.15, 0.2) is 48.5 Å². The first kappa shape index (κ1) is 17.1. The summed E-state index contributed by atoms with van der Waals surface area (Å²) in [6.07, 6.45) is 0. The fraction of sp³-hybridized carbons (Fsp3) is 0.133. The normalized spacial score (nSPS) is 8.74. The fourth-order valence-corrected chi connectivity index (χ4v) is 1.51. The summed E-state index contributed by atoms with van der Waals surface area (Å²) in [5.41, 5.74) is 2.91. The first-order valence-electron chi connectivity index (χ1n) is 5.58. The molecule has 0 aliphatic heterocycles. The van der Waals surface area contributed by atoms with E-state index < -0.39 is 0 Å². The zero-order valence-electron chi connectivity index (χ0n) is 10.7. The van der Waals surface area contributed by atoms with Gasteiger partial charge in [-0.15, -0.1) is 12.4 Å². The van der Waals surface area contributed by atoms with Crippen molar-refractivity contribution >= 4 is 24.9 Å². The van der Waals surface area contributed by atoms with Crippen molar-refractivity contribution in [3.8, 4) is 0 Å². The number of benzene rings is 2. The van der Waals surface area contributed by atoms with Gasteiger partial charge in [-0.05, 0) is 25.1 Å². The third-order valence-corrected chi connectivity index (χ3v) is 2.49. The van der Waals surface area contributed by atoms with Crippen LogP contribution < -0.4 is 5.32 Å². The highest BCUT2D eigenvalue weighted by atomic mass is 35.5. The lowest BCUT2D eigenvalue weighted by Crippen LogP contribution is -2.01. The van der Waals surface area contributed by atoms with Gasteiger partial charge in [0.05, 0.1) is 0 Å². The predicted octanol–water partition coefficient (Wildman–Crippen LogP) is 3.98. The van der Waals surface area contributed by atoms with Crippen LogP contribution in [0.2, 0.25) is 0 Å². The molecule has 102 valence electrons. The second-order valence-corrected chi connectivity index (χ2v) is 3.81. The van der Waals surface area contributed by atoms with Gasteiger partial charge in [0.15, 0.2) is 0 Å². The van der Waals surface area contributed by atoms with Gasteiger partial charge in [0, 0.05) is 17.8 Å². The van der Waals surface area contributed by atoms with Gasteiger partial charge >= 0.3 is 0 Å². The van der Waals surface area contributed by atoms with Crippen LogP contribution in [0.1, 0.15) is 11.1 Å². The highest BCUT2D eigenvalue weighted by Crippen LogP contribution is 2.12. The van der Waals surface area contributed by atoms with Gasteiger partial charge in [0.2, 0.25) is 0 Å².